The van der Waals surface area contributed by atoms with Crippen molar-refractivity contribution in [3.8, 4) is 0 Å². The minimum absolute atomic E-state index is 0.262. The molecule has 0 aliphatic heterocycles. The Morgan fingerprint density at radius 3 is 2.57 bits per heavy atom. The number of anilines is 2. The zero-order valence-electron chi connectivity index (χ0n) is 12.9. The van der Waals surface area contributed by atoms with Crippen molar-refractivity contribution >= 4 is 28.9 Å². The molecule has 3 rings (SSSR count). The smallest absolute Gasteiger partial charge is 0.274 e. The van der Waals surface area contributed by atoms with Crippen molar-refractivity contribution in [2.24, 2.45) is 0 Å². The van der Waals surface area contributed by atoms with E-state index in [-0.39, 0.29) is 5.91 Å². The minimum Gasteiger partial charge on any atom is -0.381 e. The summed E-state index contributed by atoms with van der Waals surface area (Å²) in [7, 11) is 0. The lowest BCUT2D eigenvalue weighted by Gasteiger charge is -2.23. The number of nitrogens with zero attached hydrogens (tertiary/aromatic N) is 1. The SMILES string of the molecule is O=C(Nc1ccccc1Cl)c1ccc(NC2CCCCC2)cn1. The number of pyridine rings is 1. The predicted molar refractivity (Wildman–Crippen MR) is 94.1 cm³/mol. The molecular weight excluding hydrogens is 310 g/mol. The molecule has 1 aromatic heterocycles. The molecule has 120 valence electrons. The van der Waals surface area contributed by atoms with Gasteiger partial charge in [-0.3, -0.25) is 4.79 Å². The Morgan fingerprint density at radius 2 is 1.87 bits per heavy atom. The maximum atomic E-state index is 12.2. The van der Waals surface area contributed by atoms with Crippen LogP contribution in [0.25, 0.3) is 0 Å². The van der Waals surface area contributed by atoms with Crippen LogP contribution < -0.4 is 10.6 Å². The Balaban J connectivity index is 1.62. The molecule has 1 amide bonds. The van der Waals surface area contributed by atoms with Gasteiger partial charge in [0.25, 0.3) is 5.91 Å². The van der Waals surface area contributed by atoms with Gasteiger partial charge in [0.2, 0.25) is 0 Å². The summed E-state index contributed by atoms with van der Waals surface area (Å²) in [6, 6.07) is 11.3. The van der Waals surface area contributed by atoms with Crippen LogP contribution in [-0.4, -0.2) is 16.9 Å². The molecule has 2 N–H and O–H groups in total. The maximum Gasteiger partial charge on any atom is 0.274 e. The second kappa shape index (κ2) is 7.47. The molecule has 5 heteroatoms. The number of hydrogen-bond donors (Lipinski definition) is 2. The Bertz CT molecular complexity index is 666. The summed E-state index contributed by atoms with van der Waals surface area (Å²) < 4.78 is 0. The number of hydrogen-bond acceptors (Lipinski definition) is 3. The Kier molecular flexibility index (Phi) is 5.13. The van der Waals surface area contributed by atoms with E-state index in [1.165, 1.54) is 32.1 Å². The van der Waals surface area contributed by atoms with Gasteiger partial charge in [0.15, 0.2) is 0 Å². The van der Waals surface area contributed by atoms with Crippen molar-refractivity contribution < 1.29 is 4.79 Å². The summed E-state index contributed by atoms with van der Waals surface area (Å²) in [5, 5.41) is 6.77. The average Bonchev–Trinajstić information content (AvgIpc) is 2.58. The first-order chi connectivity index (χ1) is 11.2. The number of aromatic nitrogens is 1. The average molecular weight is 330 g/mol. The van der Waals surface area contributed by atoms with E-state index in [1.807, 2.05) is 18.2 Å². The van der Waals surface area contributed by atoms with Crippen LogP contribution in [0.4, 0.5) is 11.4 Å². The number of halogens is 1. The molecule has 0 saturated heterocycles. The fourth-order valence-electron chi connectivity index (χ4n) is 2.85. The van der Waals surface area contributed by atoms with E-state index in [2.05, 4.69) is 15.6 Å². The lowest BCUT2D eigenvalue weighted by atomic mass is 9.95. The van der Waals surface area contributed by atoms with E-state index in [0.29, 0.717) is 22.4 Å². The summed E-state index contributed by atoms with van der Waals surface area (Å²) in [6.45, 7) is 0. The molecule has 23 heavy (non-hydrogen) atoms. The Morgan fingerprint density at radius 1 is 1.09 bits per heavy atom. The quantitative estimate of drug-likeness (QED) is 0.852. The van der Waals surface area contributed by atoms with Gasteiger partial charge < -0.3 is 10.6 Å². The topological polar surface area (TPSA) is 54.0 Å². The first kappa shape index (κ1) is 15.8. The van der Waals surface area contributed by atoms with Crippen LogP contribution in [0.1, 0.15) is 42.6 Å². The number of nitrogens with one attached hydrogen (secondary N) is 2. The van der Waals surface area contributed by atoms with Crippen molar-refractivity contribution in [3.63, 3.8) is 0 Å². The third-order valence-corrected chi connectivity index (χ3v) is 4.42. The van der Waals surface area contributed by atoms with Crippen LogP contribution in [0, 0.1) is 0 Å². The van der Waals surface area contributed by atoms with E-state index in [0.717, 1.165) is 5.69 Å². The zero-order valence-corrected chi connectivity index (χ0v) is 13.6. The molecule has 0 radical (unpaired) electrons. The zero-order chi connectivity index (χ0) is 16.1. The van der Waals surface area contributed by atoms with Crippen LogP contribution in [0.2, 0.25) is 5.02 Å². The number of carbonyl (C=O) groups excluding carboxylic acids is 1. The van der Waals surface area contributed by atoms with Crippen LogP contribution in [0.3, 0.4) is 0 Å². The monoisotopic (exact) mass is 329 g/mol. The molecule has 2 aromatic rings. The van der Waals surface area contributed by atoms with Crippen LogP contribution in [-0.2, 0) is 0 Å². The van der Waals surface area contributed by atoms with Gasteiger partial charge >= 0.3 is 0 Å². The maximum absolute atomic E-state index is 12.2. The lowest BCUT2D eigenvalue weighted by Crippen LogP contribution is -2.22. The fraction of sp³-hybridized carbons (Fsp3) is 0.333. The number of para-hydroxylation sites is 1. The highest BCUT2D eigenvalue weighted by Crippen LogP contribution is 2.22. The third kappa shape index (κ3) is 4.23. The number of benzene rings is 1. The van der Waals surface area contributed by atoms with Gasteiger partial charge in [-0.1, -0.05) is 43.0 Å². The molecule has 1 heterocycles. The highest BCUT2D eigenvalue weighted by molar-refractivity contribution is 6.33. The summed E-state index contributed by atoms with van der Waals surface area (Å²) >= 11 is 6.04. The van der Waals surface area contributed by atoms with Crippen LogP contribution in [0.5, 0.6) is 0 Å². The number of amides is 1. The molecule has 1 fully saturated rings. The van der Waals surface area contributed by atoms with Gasteiger partial charge in [-0.2, -0.15) is 0 Å². The first-order valence-corrected chi connectivity index (χ1v) is 8.38. The molecular formula is C18H20ClN3O. The van der Waals surface area contributed by atoms with Gasteiger partial charge in [0.1, 0.15) is 5.69 Å². The molecule has 1 aliphatic rings. The third-order valence-electron chi connectivity index (χ3n) is 4.09. The molecule has 1 aliphatic carbocycles. The van der Waals surface area contributed by atoms with Crippen molar-refractivity contribution in [2.75, 3.05) is 10.6 Å². The molecule has 1 aromatic carbocycles. The highest BCUT2D eigenvalue weighted by atomic mass is 35.5. The van der Waals surface area contributed by atoms with Crippen LogP contribution >= 0.6 is 11.6 Å². The normalized spacial score (nSPS) is 15.2. The van der Waals surface area contributed by atoms with Gasteiger partial charge in [-0.05, 0) is 37.1 Å². The number of carbonyl (C=O) groups is 1. The standard InChI is InChI=1S/C18H20ClN3O/c19-15-8-4-5-9-16(15)22-18(23)17-11-10-14(12-20-17)21-13-6-2-1-3-7-13/h4-5,8-13,21H,1-3,6-7H2,(H,22,23). The van der Waals surface area contributed by atoms with E-state index >= 15 is 0 Å². The van der Waals surface area contributed by atoms with E-state index in [9.17, 15) is 4.79 Å². The molecule has 0 atom stereocenters. The fourth-order valence-corrected chi connectivity index (χ4v) is 3.03. The summed E-state index contributed by atoms with van der Waals surface area (Å²) in [6.07, 6.45) is 8.02. The van der Waals surface area contributed by atoms with E-state index in [4.69, 9.17) is 11.6 Å². The molecule has 4 nitrogen and oxygen atoms in total. The van der Waals surface area contributed by atoms with E-state index < -0.39 is 0 Å². The highest BCUT2D eigenvalue weighted by Gasteiger charge is 2.14. The second-order valence-electron chi connectivity index (χ2n) is 5.85. The van der Waals surface area contributed by atoms with E-state index in [1.54, 1.807) is 24.4 Å². The molecule has 0 bridgehead atoms. The van der Waals surface area contributed by atoms with Crippen molar-refractivity contribution in [3.05, 3.63) is 53.3 Å². The largest absolute Gasteiger partial charge is 0.381 e. The van der Waals surface area contributed by atoms with Gasteiger partial charge in [0, 0.05) is 6.04 Å². The minimum atomic E-state index is -0.262. The molecule has 0 spiro atoms. The summed E-state index contributed by atoms with van der Waals surface area (Å²) in [4.78, 5) is 16.5. The molecule has 0 unspecified atom stereocenters. The number of rotatable bonds is 4. The predicted octanol–water partition coefficient (Wildman–Crippen LogP) is 4.73. The van der Waals surface area contributed by atoms with Crippen LogP contribution in [0.15, 0.2) is 42.6 Å². The van der Waals surface area contributed by atoms with Crippen molar-refractivity contribution in [1.29, 1.82) is 0 Å². The molecule has 1 saturated carbocycles. The van der Waals surface area contributed by atoms with Crippen molar-refractivity contribution in [2.45, 2.75) is 38.1 Å². The van der Waals surface area contributed by atoms with Gasteiger partial charge in [-0.25, -0.2) is 4.98 Å². The van der Waals surface area contributed by atoms with Crippen molar-refractivity contribution in [1.82, 2.24) is 4.98 Å². The summed E-state index contributed by atoms with van der Waals surface area (Å²) in [5.41, 5.74) is 1.93. The Labute approximate surface area is 141 Å². The second-order valence-corrected chi connectivity index (χ2v) is 6.25. The Hall–Kier alpha value is -2.07. The van der Waals surface area contributed by atoms with Gasteiger partial charge in [0.05, 0.1) is 22.6 Å². The van der Waals surface area contributed by atoms with Gasteiger partial charge in [-0.15, -0.1) is 0 Å². The first-order valence-electron chi connectivity index (χ1n) is 8.01. The lowest BCUT2D eigenvalue weighted by molar-refractivity contribution is 0.102. The summed E-state index contributed by atoms with van der Waals surface area (Å²) in [5.74, 6) is -0.262.